The number of hydrogen-bond acceptors (Lipinski definition) is 2. The monoisotopic (exact) mass is 221 g/mol. The van der Waals surface area contributed by atoms with Crippen LogP contribution in [0.1, 0.15) is 48.1 Å². The van der Waals surface area contributed by atoms with Gasteiger partial charge in [-0.3, -0.25) is 4.79 Å². The lowest BCUT2D eigenvalue weighted by atomic mass is 10.1. The highest BCUT2D eigenvalue weighted by Gasteiger charge is 2.21. The summed E-state index contributed by atoms with van der Waals surface area (Å²) in [6, 6.07) is 1.87. The second kappa shape index (κ2) is 4.73. The molecular formula is C13H19NO2. The van der Waals surface area contributed by atoms with Gasteiger partial charge in [-0.1, -0.05) is 6.92 Å². The Balaban J connectivity index is 2.13. The van der Waals surface area contributed by atoms with E-state index in [1.807, 2.05) is 24.8 Å². The Labute approximate surface area is 96.4 Å². The van der Waals surface area contributed by atoms with E-state index < -0.39 is 0 Å². The first-order chi connectivity index (χ1) is 7.72. The number of piperidine rings is 1. The minimum atomic E-state index is 0.0579. The Bertz CT molecular complexity index is 375. The van der Waals surface area contributed by atoms with Crippen LogP contribution in [0.2, 0.25) is 0 Å². The maximum atomic E-state index is 12.1. The molecule has 0 bridgehead atoms. The highest BCUT2D eigenvalue weighted by Crippen LogP contribution is 2.19. The Morgan fingerprint density at radius 1 is 1.38 bits per heavy atom. The van der Waals surface area contributed by atoms with Crippen molar-refractivity contribution < 1.29 is 9.21 Å². The number of amides is 1. The fourth-order valence-corrected chi connectivity index (χ4v) is 2.23. The van der Waals surface area contributed by atoms with Gasteiger partial charge in [-0.15, -0.1) is 0 Å². The molecule has 0 aromatic carbocycles. The smallest absolute Gasteiger partial charge is 0.289 e. The predicted octanol–water partition coefficient (Wildman–Crippen LogP) is 2.78. The second-order valence-electron chi connectivity index (χ2n) is 4.42. The maximum Gasteiger partial charge on any atom is 0.289 e. The molecule has 1 fully saturated rings. The molecule has 1 aliphatic rings. The normalized spacial score (nSPS) is 16.5. The van der Waals surface area contributed by atoms with Crippen molar-refractivity contribution in [1.29, 1.82) is 0 Å². The number of aryl methyl sites for hydroxylation is 2. The molecule has 0 aliphatic carbocycles. The van der Waals surface area contributed by atoms with Crippen LogP contribution >= 0.6 is 0 Å². The lowest BCUT2D eigenvalue weighted by Gasteiger charge is -2.25. The molecular weight excluding hydrogens is 202 g/mol. The van der Waals surface area contributed by atoms with Gasteiger partial charge in [-0.25, -0.2) is 0 Å². The Morgan fingerprint density at radius 3 is 2.62 bits per heavy atom. The third-order valence-corrected chi connectivity index (χ3v) is 3.20. The zero-order valence-corrected chi connectivity index (χ0v) is 10.1. The van der Waals surface area contributed by atoms with E-state index in [4.69, 9.17) is 4.42 Å². The molecule has 1 saturated heterocycles. The second-order valence-corrected chi connectivity index (χ2v) is 4.42. The van der Waals surface area contributed by atoms with E-state index >= 15 is 0 Å². The standard InChI is InChI=1S/C13H19NO2/c1-3-11-10(2)9-12(16-11)13(15)14-7-5-4-6-8-14/h9H,3-8H2,1-2H3. The SMILES string of the molecule is CCc1oc(C(=O)N2CCCCC2)cc1C. The topological polar surface area (TPSA) is 33.5 Å². The highest BCUT2D eigenvalue weighted by atomic mass is 16.4. The van der Waals surface area contributed by atoms with Crippen molar-refractivity contribution >= 4 is 5.91 Å². The van der Waals surface area contributed by atoms with Gasteiger partial charge in [-0.05, 0) is 37.8 Å². The summed E-state index contributed by atoms with van der Waals surface area (Å²) in [6.45, 7) is 5.79. The molecule has 2 rings (SSSR count). The number of rotatable bonds is 2. The zero-order valence-electron chi connectivity index (χ0n) is 10.1. The van der Waals surface area contributed by atoms with Crippen LogP contribution in [0.3, 0.4) is 0 Å². The van der Waals surface area contributed by atoms with Crippen molar-refractivity contribution in [2.24, 2.45) is 0 Å². The predicted molar refractivity (Wildman–Crippen MR) is 62.6 cm³/mol. The fourth-order valence-electron chi connectivity index (χ4n) is 2.23. The molecule has 0 spiro atoms. The largest absolute Gasteiger partial charge is 0.456 e. The molecule has 0 atom stereocenters. The first-order valence-electron chi connectivity index (χ1n) is 6.11. The zero-order chi connectivity index (χ0) is 11.5. The summed E-state index contributed by atoms with van der Waals surface area (Å²) in [5.74, 6) is 1.50. The van der Waals surface area contributed by atoms with E-state index in [2.05, 4.69) is 0 Å². The summed E-state index contributed by atoms with van der Waals surface area (Å²) in [6.07, 6.45) is 4.32. The molecule has 16 heavy (non-hydrogen) atoms. The van der Waals surface area contributed by atoms with E-state index in [9.17, 15) is 4.79 Å². The Kier molecular flexibility index (Phi) is 3.32. The summed E-state index contributed by atoms with van der Waals surface area (Å²) >= 11 is 0. The van der Waals surface area contributed by atoms with Gasteiger partial charge in [-0.2, -0.15) is 0 Å². The number of carbonyl (C=O) groups is 1. The van der Waals surface area contributed by atoms with Gasteiger partial charge >= 0.3 is 0 Å². The van der Waals surface area contributed by atoms with Gasteiger partial charge in [0.05, 0.1) is 0 Å². The fraction of sp³-hybridized carbons (Fsp3) is 0.615. The number of furan rings is 1. The third kappa shape index (κ3) is 2.13. The van der Waals surface area contributed by atoms with Crippen LogP contribution in [0.5, 0.6) is 0 Å². The molecule has 88 valence electrons. The van der Waals surface area contributed by atoms with Crippen LogP contribution in [0.25, 0.3) is 0 Å². The van der Waals surface area contributed by atoms with E-state index in [1.54, 1.807) is 0 Å². The molecule has 1 aromatic rings. The van der Waals surface area contributed by atoms with E-state index in [1.165, 1.54) is 6.42 Å². The van der Waals surface area contributed by atoms with Crippen molar-refractivity contribution in [1.82, 2.24) is 4.90 Å². The molecule has 1 amide bonds. The van der Waals surface area contributed by atoms with Crippen molar-refractivity contribution in [3.63, 3.8) is 0 Å². The molecule has 3 nitrogen and oxygen atoms in total. The summed E-state index contributed by atoms with van der Waals surface area (Å²) in [5, 5.41) is 0. The molecule has 2 heterocycles. The average Bonchev–Trinajstić information content (AvgIpc) is 2.71. The summed E-state index contributed by atoms with van der Waals surface area (Å²) < 4.78 is 5.59. The number of nitrogens with zero attached hydrogens (tertiary/aromatic N) is 1. The lowest BCUT2D eigenvalue weighted by Crippen LogP contribution is -2.35. The molecule has 1 aliphatic heterocycles. The minimum absolute atomic E-state index is 0.0579. The summed E-state index contributed by atoms with van der Waals surface area (Å²) in [4.78, 5) is 14.0. The molecule has 1 aromatic heterocycles. The molecule has 0 N–H and O–H groups in total. The van der Waals surface area contributed by atoms with Crippen molar-refractivity contribution in [2.75, 3.05) is 13.1 Å². The van der Waals surface area contributed by atoms with Crippen LogP contribution < -0.4 is 0 Å². The first kappa shape index (κ1) is 11.2. The third-order valence-electron chi connectivity index (χ3n) is 3.20. The van der Waals surface area contributed by atoms with Gasteiger partial charge in [0.1, 0.15) is 5.76 Å². The van der Waals surface area contributed by atoms with Crippen LogP contribution in [0, 0.1) is 6.92 Å². The lowest BCUT2D eigenvalue weighted by molar-refractivity contribution is 0.0690. The van der Waals surface area contributed by atoms with Crippen LogP contribution in [-0.2, 0) is 6.42 Å². The maximum absolute atomic E-state index is 12.1. The van der Waals surface area contributed by atoms with Crippen LogP contribution in [-0.4, -0.2) is 23.9 Å². The highest BCUT2D eigenvalue weighted by molar-refractivity contribution is 5.91. The summed E-state index contributed by atoms with van der Waals surface area (Å²) in [5.41, 5.74) is 1.09. The number of carbonyl (C=O) groups excluding carboxylic acids is 1. The Hall–Kier alpha value is -1.25. The summed E-state index contributed by atoms with van der Waals surface area (Å²) in [7, 11) is 0. The van der Waals surface area contributed by atoms with E-state index in [0.717, 1.165) is 43.7 Å². The average molecular weight is 221 g/mol. The van der Waals surface area contributed by atoms with Crippen molar-refractivity contribution in [3.05, 3.63) is 23.2 Å². The van der Waals surface area contributed by atoms with Crippen molar-refractivity contribution in [2.45, 2.75) is 39.5 Å². The van der Waals surface area contributed by atoms with Gasteiger partial charge in [0.25, 0.3) is 5.91 Å². The molecule has 0 radical (unpaired) electrons. The minimum Gasteiger partial charge on any atom is -0.456 e. The molecule has 0 unspecified atom stereocenters. The first-order valence-corrected chi connectivity index (χ1v) is 6.11. The van der Waals surface area contributed by atoms with E-state index in [-0.39, 0.29) is 5.91 Å². The van der Waals surface area contributed by atoms with Crippen LogP contribution in [0.15, 0.2) is 10.5 Å². The Morgan fingerprint density at radius 2 is 2.06 bits per heavy atom. The van der Waals surface area contributed by atoms with Crippen LogP contribution in [0.4, 0.5) is 0 Å². The number of hydrogen-bond donors (Lipinski definition) is 0. The quantitative estimate of drug-likeness (QED) is 0.769. The van der Waals surface area contributed by atoms with Crippen molar-refractivity contribution in [3.8, 4) is 0 Å². The number of likely N-dealkylation sites (tertiary alicyclic amines) is 1. The van der Waals surface area contributed by atoms with Gasteiger partial charge in [0, 0.05) is 19.5 Å². The molecule has 3 heteroatoms. The van der Waals surface area contributed by atoms with Gasteiger partial charge < -0.3 is 9.32 Å². The van der Waals surface area contributed by atoms with E-state index in [0.29, 0.717) is 5.76 Å². The van der Waals surface area contributed by atoms with Gasteiger partial charge in [0.15, 0.2) is 5.76 Å². The van der Waals surface area contributed by atoms with Gasteiger partial charge in [0.2, 0.25) is 0 Å². The molecule has 0 saturated carbocycles.